The van der Waals surface area contributed by atoms with Crippen molar-refractivity contribution >= 4 is 43.6 Å². The molecule has 0 atom stereocenters. The minimum atomic E-state index is 0.535. The van der Waals surface area contributed by atoms with E-state index in [0.717, 1.165) is 66.5 Å². The van der Waals surface area contributed by atoms with Crippen LogP contribution in [0.3, 0.4) is 0 Å². The smallest absolute Gasteiger partial charge is 0.0998 e. The Kier molecular flexibility index (Phi) is 6.22. The van der Waals surface area contributed by atoms with Gasteiger partial charge in [0.1, 0.15) is 0 Å². The predicted octanol–water partition coefficient (Wildman–Crippen LogP) is 11.0. The molecule has 2 aromatic heterocycles. The van der Waals surface area contributed by atoms with Crippen LogP contribution in [0.2, 0.25) is 0 Å². The molecule has 222 valence electrons. The third kappa shape index (κ3) is 4.07. The lowest BCUT2D eigenvalue weighted by Crippen LogP contribution is -2.01. The minimum Gasteiger partial charge on any atom is -0.309 e. The number of benzene rings is 7. The Balaban J connectivity index is 1.33. The second-order valence-electron chi connectivity index (χ2n) is 12.0. The molecule has 48 heavy (non-hydrogen) atoms. The van der Waals surface area contributed by atoms with Crippen LogP contribution in [0.25, 0.3) is 77.2 Å². The molecular weight excluding hydrogens is 585 g/mol. The molecule has 0 N–H and O–H groups in total. The van der Waals surface area contributed by atoms with Gasteiger partial charge in [-0.05, 0) is 77.4 Å². The second kappa shape index (κ2) is 10.9. The molecule has 9 rings (SSSR count). The maximum atomic E-state index is 10.6. The highest BCUT2D eigenvalue weighted by atomic mass is 15.0. The largest absolute Gasteiger partial charge is 0.309 e. The molecule has 0 radical (unpaired) electrons. The van der Waals surface area contributed by atoms with Gasteiger partial charge < -0.3 is 9.13 Å². The summed E-state index contributed by atoms with van der Waals surface area (Å²) < 4.78 is 4.56. The van der Waals surface area contributed by atoms with Gasteiger partial charge in [-0.1, -0.05) is 97.1 Å². The first-order chi connectivity index (χ1) is 23.7. The predicted molar refractivity (Wildman–Crippen MR) is 195 cm³/mol. The van der Waals surface area contributed by atoms with Crippen LogP contribution >= 0.6 is 0 Å². The van der Waals surface area contributed by atoms with E-state index in [9.17, 15) is 10.5 Å². The van der Waals surface area contributed by atoms with E-state index in [-0.39, 0.29) is 0 Å². The first kappa shape index (κ1) is 27.4. The zero-order chi connectivity index (χ0) is 32.2. The van der Waals surface area contributed by atoms with Gasteiger partial charge >= 0.3 is 0 Å². The average Bonchev–Trinajstić information content (AvgIpc) is 3.67. The van der Waals surface area contributed by atoms with E-state index < -0.39 is 0 Å². The van der Waals surface area contributed by atoms with Crippen LogP contribution in [0.1, 0.15) is 11.1 Å². The maximum absolute atomic E-state index is 10.6. The van der Waals surface area contributed by atoms with Crippen LogP contribution in [0.15, 0.2) is 158 Å². The normalized spacial score (nSPS) is 11.3. The minimum absolute atomic E-state index is 0.535. The van der Waals surface area contributed by atoms with Crippen LogP contribution < -0.4 is 0 Å². The Hall–Kier alpha value is -6.88. The van der Waals surface area contributed by atoms with Gasteiger partial charge in [-0.3, -0.25) is 0 Å². The number of rotatable bonds is 4. The summed E-state index contributed by atoms with van der Waals surface area (Å²) >= 11 is 0. The number of hydrogen-bond donors (Lipinski definition) is 0. The molecule has 0 saturated carbocycles. The highest BCUT2D eigenvalue weighted by molar-refractivity contribution is 6.11. The molecule has 0 unspecified atom stereocenters. The second-order valence-corrected chi connectivity index (χ2v) is 12.0. The van der Waals surface area contributed by atoms with Crippen molar-refractivity contribution in [3.8, 4) is 45.8 Å². The average molecular weight is 611 g/mol. The summed E-state index contributed by atoms with van der Waals surface area (Å²) in [6.07, 6.45) is 0. The molecule has 0 saturated heterocycles. The Bertz CT molecular complexity index is 2710. The van der Waals surface area contributed by atoms with Crippen LogP contribution in [-0.4, -0.2) is 9.13 Å². The summed E-state index contributed by atoms with van der Waals surface area (Å²) in [6.45, 7) is 0. The van der Waals surface area contributed by atoms with Gasteiger partial charge in [-0.2, -0.15) is 10.5 Å². The Morgan fingerprint density at radius 1 is 0.417 bits per heavy atom. The van der Waals surface area contributed by atoms with Gasteiger partial charge in [0.25, 0.3) is 0 Å². The number of para-hydroxylation sites is 4. The third-order valence-corrected chi connectivity index (χ3v) is 9.40. The summed E-state index contributed by atoms with van der Waals surface area (Å²) in [4.78, 5) is 0. The summed E-state index contributed by atoms with van der Waals surface area (Å²) in [5, 5.41) is 25.3. The number of hydrogen-bond acceptors (Lipinski definition) is 2. The molecule has 0 spiro atoms. The fraction of sp³-hybridized carbons (Fsp3) is 0. The standard InChI is InChI=1S/C44H26N4/c45-27-29-23-24-33(30-11-9-13-32(26-30)47-39-18-5-1-14-34(39)35-15-2-6-19-40(35)47)38(25-29)44-31(28-46)12-10-22-43(44)48-41-20-7-3-16-36(41)37-17-4-8-21-42(37)48/h1-26H. The lowest BCUT2D eigenvalue weighted by Gasteiger charge is -2.19. The van der Waals surface area contributed by atoms with E-state index in [4.69, 9.17) is 0 Å². The number of nitriles is 2. The van der Waals surface area contributed by atoms with Gasteiger partial charge in [0.2, 0.25) is 0 Å². The molecule has 2 heterocycles. The third-order valence-electron chi connectivity index (χ3n) is 9.40. The summed E-state index contributed by atoms with van der Waals surface area (Å²) in [7, 11) is 0. The zero-order valence-corrected chi connectivity index (χ0v) is 25.8. The highest BCUT2D eigenvalue weighted by Gasteiger charge is 2.21. The summed E-state index contributed by atoms with van der Waals surface area (Å²) in [6, 6.07) is 58.8. The van der Waals surface area contributed by atoms with Crippen LogP contribution in [0, 0.1) is 22.7 Å². The van der Waals surface area contributed by atoms with E-state index in [2.05, 4.69) is 137 Å². The molecule has 0 bridgehead atoms. The number of aromatic nitrogens is 2. The summed E-state index contributed by atoms with van der Waals surface area (Å²) in [5.74, 6) is 0. The zero-order valence-electron chi connectivity index (χ0n) is 25.8. The van der Waals surface area contributed by atoms with Crippen molar-refractivity contribution in [2.24, 2.45) is 0 Å². The van der Waals surface area contributed by atoms with Crippen LogP contribution in [0.4, 0.5) is 0 Å². The molecule has 0 aliphatic carbocycles. The Morgan fingerprint density at radius 2 is 0.958 bits per heavy atom. The molecule has 0 aliphatic heterocycles. The topological polar surface area (TPSA) is 57.4 Å². The molecule has 4 nitrogen and oxygen atoms in total. The molecule has 0 fully saturated rings. The van der Waals surface area contributed by atoms with Crippen LogP contribution in [0.5, 0.6) is 0 Å². The van der Waals surface area contributed by atoms with E-state index in [1.807, 2.05) is 42.5 Å². The molecule has 4 heteroatoms. The van der Waals surface area contributed by atoms with E-state index in [0.29, 0.717) is 11.1 Å². The quantitative estimate of drug-likeness (QED) is 0.199. The molecule has 9 aromatic rings. The van der Waals surface area contributed by atoms with Crippen molar-refractivity contribution in [3.05, 3.63) is 169 Å². The molecule has 7 aromatic carbocycles. The maximum Gasteiger partial charge on any atom is 0.0998 e. The molecule has 0 aliphatic rings. The molecule has 0 amide bonds. The van der Waals surface area contributed by atoms with Gasteiger partial charge in [0, 0.05) is 32.8 Å². The summed E-state index contributed by atoms with van der Waals surface area (Å²) in [5.41, 5.74) is 11.0. The fourth-order valence-corrected chi connectivity index (χ4v) is 7.37. The first-order valence-corrected chi connectivity index (χ1v) is 15.9. The van der Waals surface area contributed by atoms with Gasteiger partial charge in [0.05, 0.1) is 51.0 Å². The highest BCUT2D eigenvalue weighted by Crippen LogP contribution is 2.42. The van der Waals surface area contributed by atoms with E-state index >= 15 is 0 Å². The Morgan fingerprint density at radius 3 is 1.52 bits per heavy atom. The van der Waals surface area contributed by atoms with Crippen LogP contribution in [-0.2, 0) is 0 Å². The Labute approximate surface area is 277 Å². The SMILES string of the molecule is N#Cc1ccc(-c2cccc(-n3c4ccccc4c4ccccc43)c2)c(-c2c(C#N)cccc2-n2c3ccccc3c3ccccc32)c1. The number of fused-ring (bicyclic) bond motifs is 6. The van der Waals surface area contributed by atoms with Crippen molar-refractivity contribution in [1.29, 1.82) is 10.5 Å². The van der Waals surface area contributed by atoms with Crippen molar-refractivity contribution in [3.63, 3.8) is 0 Å². The van der Waals surface area contributed by atoms with Crippen molar-refractivity contribution in [2.75, 3.05) is 0 Å². The van der Waals surface area contributed by atoms with E-state index in [1.165, 1.54) is 10.8 Å². The van der Waals surface area contributed by atoms with Crippen molar-refractivity contribution in [2.45, 2.75) is 0 Å². The van der Waals surface area contributed by atoms with Crippen molar-refractivity contribution in [1.82, 2.24) is 9.13 Å². The monoisotopic (exact) mass is 610 g/mol. The molecular formula is C44H26N4. The van der Waals surface area contributed by atoms with Gasteiger partial charge in [0.15, 0.2) is 0 Å². The lowest BCUT2D eigenvalue weighted by atomic mass is 9.89. The van der Waals surface area contributed by atoms with Gasteiger partial charge in [-0.15, -0.1) is 0 Å². The fourth-order valence-electron chi connectivity index (χ4n) is 7.37. The first-order valence-electron chi connectivity index (χ1n) is 15.9. The lowest BCUT2D eigenvalue weighted by molar-refractivity contribution is 1.18. The van der Waals surface area contributed by atoms with Gasteiger partial charge in [-0.25, -0.2) is 0 Å². The number of nitrogens with zero attached hydrogens (tertiary/aromatic N) is 4. The van der Waals surface area contributed by atoms with E-state index in [1.54, 1.807) is 0 Å². The van der Waals surface area contributed by atoms with Crippen molar-refractivity contribution < 1.29 is 0 Å².